The fourth-order valence-electron chi connectivity index (χ4n) is 4.34. The SMILES string of the molecule is CCCN(C(=O)C1CCCN(C(=O)c2ccccc2OC(F)F)C1)C1CCS(=O)(=O)C1. The summed E-state index contributed by atoms with van der Waals surface area (Å²) in [6.45, 7) is -0.0677. The number of halogens is 2. The van der Waals surface area contributed by atoms with Gasteiger partial charge in [-0.05, 0) is 37.8 Å². The standard InChI is InChI=1S/C21H28F2N2O5S/c1-2-10-25(16-9-12-31(28,29)14-16)19(26)15-6-5-11-24(13-15)20(27)17-7-3-4-8-18(17)30-21(22)23/h3-4,7-8,15-16,21H,2,5-6,9-14H2,1H3. The van der Waals surface area contributed by atoms with Gasteiger partial charge in [-0.15, -0.1) is 0 Å². The zero-order valence-corrected chi connectivity index (χ0v) is 18.3. The van der Waals surface area contributed by atoms with Crippen molar-refractivity contribution in [2.24, 2.45) is 5.92 Å². The Hall–Kier alpha value is -2.23. The molecule has 0 N–H and O–H groups in total. The number of rotatable bonds is 7. The van der Waals surface area contributed by atoms with E-state index in [1.54, 1.807) is 11.0 Å². The molecular weight excluding hydrogens is 430 g/mol. The summed E-state index contributed by atoms with van der Waals surface area (Å²) in [6.07, 6.45) is 2.33. The van der Waals surface area contributed by atoms with Gasteiger partial charge in [0.25, 0.3) is 5.91 Å². The average molecular weight is 459 g/mol. The van der Waals surface area contributed by atoms with E-state index in [-0.39, 0.29) is 41.3 Å². The maximum Gasteiger partial charge on any atom is 0.387 e. The number of ether oxygens (including phenoxy) is 1. The van der Waals surface area contributed by atoms with Crippen molar-refractivity contribution in [1.29, 1.82) is 0 Å². The number of benzene rings is 1. The molecule has 2 amide bonds. The Labute approximate surface area is 181 Å². The number of nitrogens with zero attached hydrogens (tertiary/aromatic N) is 2. The maximum absolute atomic E-state index is 13.3. The highest BCUT2D eigenvalue weighted by Gasteiger charge is 2.38. The van der Waals surface area contributed by atoms with Crippen molar-refractivity contribution in [3.63, 3.8) is 0 Å². The molecule has 2 aliphatic heterocycles. The average Bonchev–Trinajstić information content (AvgIpc) is 3.10. The van der Waals surface area contributed by atoms with E-state index in [4.69, 9.17) is 0 Å². The largest absolute Gasteiger partial charge is 0.434 e. The molecule has 0 bridgehead atoms. The summed E-state index contributed by atoms with van der Waals surface area (Å²) in [6, 6.07) is 5.49. The molecule has 31 heavy (non-hydrogen) atoms. The summed E-state index contributed by atoms with van der Waals surface area (Å²) in [7, 11) is -3.13. The molecule has 2 aliphatic rings. The van der Waals surface area contributed by atoms with Crippen molar-refractivity contribution >= 4 is 21.7 Å². The number of para-hydroxylation sites is 1. The first-order valence-corrected chi connectivity index (χ1v) is 12.4. The molecule has 10 heteroatoms. The molecule has 2 fully saturated rings. The van der Waals surface area contributed by atoms with Crippen LogP contribution in [0.3, 0.4) is 0 Å². The molecule has 0 saturated carbocycles. The Bertz CT molecular complexity index is 909. The summed E-state index contributed by atoms with van der Waals surface area (Å²) < 4.78 is 53.7. The molecule has 3 rings (SSSR count). The van der Waals surface area contributed by atoms with Crippen molar-refractivity contribution in [3.8, 4) is 5.75 Å². The van der Waals surface area contributed by atoms with Gasteiger partial charge in [0.05, 0.1) is 23.0 Å². The molecule has 1 aromatic rings. The van der Waals surface area contributed by atoms with Gasteiger partial charge in [0, 0.05) is 25.7 Å². The van der Waals surface area contributed by atoms with E-state index < -0.39 is 28.3 Å². The Kier molecular flexibility index (Phi) is 7.51. The first-order chi connectivity index (χ1) is 14.7. The van der Waals surface area contributed by atoms with E-state index in [1.807, 2.05) is 6.92 Å². The lowest BCUT2D eigenvalue weighted by Gasteiger charge is -2.37. The van der Waals surface area contributed by atoms with Crippen LogP contribution in [0.2, 0.25) is 0 Å². The van der Waals surface area contributed by atoms with Crippen LogP contribution in [-0.4, -0.2) is 73.8 Å². The minimum Gasteiger partial charge on any atom is -0.434 e. The monoisotopic (exact) mass is 458 g/mol. The van der Waals surface area contributed by atoms with Crippen molar-refractivity contribution < 1.29 is 31.5 Å². The Morgan fingerprint density at radius 3 is 2.65 bits per heavy atom. The highest BCUT2D eigenvalue weighted by molar-refractivity contribution is 7.91. The number of amides is 2. The molecule has 172 valence electrons. The van der Waals surface area contributed by atoms with E-state index in [1.165, 1.54) is 23.1 Å². The minimum atomic E-state index is -3.13. The first-order valence-electron chi connectivity index (χ1n) is 10.6. The fourth-order valence-corrected chi connectivity index (χ4v) is 6.08. The maximum atomic E-state index is 13.3. The van der Waals surface area contributed by atoms with Crippen molar-refractivity contribution in [3.05, 3.63) is 29.8 Å². The third-order valence-corrected chi connectivity index (χ3v) is 7.54. The van der Waals surface area contributed by atoms with E-state index >= 15 is 0 Å². The summed E-state index contributed by atoms with van der Waals surface area (Å²) >= 11 is 0. The third kappa shape index (κ3) is 5.72. The number of hydrogen-bond donors (Lipinski definition) is 0. The molecule has 1 aromatic carbocycles. The molecule has 0 radical (unpaired) electrons. The number of hydrogen-bond acceptors (Lipinski definition) is 5. The molecule has 0 spiro atoms. The third-order valence-electron chi connectivity index (χ3n) is 5.79. The second-order valence-corrected chi connectivity index (χ2v) is 10.3. The van der Waals surface area contributed by atoms with Crippen LogP contribution in [0.25, 0.3) is 0 Å². The smallest absolute Gasteiger partial charge is 0.387 e. The Balaban J connectivity index is 1.73. The Morgan fingerprint density at radius 1 is 1.26 bits per heavy atom. The van der Waals surface area contributed by atoms with Crippen LogP contribution < -0.4 is 4.74 Å². The zero-order chi connectivity index (χ0) is 22.6. The van der Waals surface area contributed by atoms with Crippen LogP contribution in [0.1, 0.15) is 43.0 Å². The van der Waals surface area contributed by atoms with Crippen LogP contribution in [0.15, 0.2) is 24.3 Å². The summed E-state index contributed by atoms with van der Waals surface area (Å²) in [5.41, 5.74) is 0.0307. The van der Waals surface area contributed by atoms with Gasteiger partial charge in [0.15, 0.2) is 9.84 Å². The highest BCUT2D eigenvalue weighted by Crippen LogP contribution is 2.27. The van der Waals surface area contributed by atoms with Crippen LogP contribution >= 0.6 is 0 Å². The number of carbonyl (C=O) groups excluding carboxylic acids is 2. The molecule has 2 saturated heterocycles. The van der Waals surface area contributed by atoms with Gasteiger partial charge in [0.2, 0.25) is 5.91 Å². The van der Waals surface area contributed by atoms with Crippen LogP contribution in [0.4, 0.5) is 8.78 Å². The van der Waals surface area contributed by atoms with Crippen molar-refractivity contribution in [2.45, 2.75) is 45.3 Å². The summed E-state index contributed by atoms with van der Waals surface area (Å²) in [4.78, 5) is 29.4. The number of sulfone groups is 1. The number of alkyl halides is 2. The Morgan fingerprint density at radius 2 is 2.00 bits per heavy atom. The van der Waals surface area contributed by atoms with Gasteiger partial charge >= 0.3 is 6.61 Å². The van der Waals surface area contributed by atoms with Crippen molar-refractivity contribution in [1.82, 2.24) is 9.80 Å². The first kappa shape index (κ1) is 23.4. The number of likely N-dealkylation sites (tertiary alicyclic amines) is 1. The lowest BCUT2D eigenvalue weighted by atomic mass is 9.95. The number of piperidine rings is 1. The molecule has 2 atom stereocenters. The van der Waals surface area contributed by atoms with Crippen LogP contribution in [0, 0.1) is 5.92 Å². The second kappa shape index (κ2) is 9.93. The molecule has 7 nitrogen and oxygen atoms in total. The van der Waals surface area contributed by atoms with E-state index in [2.05, 4.69) is 4.74 Å². The predicted molar refractivity (Wildman–Crippen MR) is 111 cm³/mol. The molecule has 0 aromatic heterocycles. The van der Waals surface area contributed by atoms with E-state index in [0.29, 0.717) is 38.8 Å². The molecular formula is C21H28F2N2O5S. The fraction of sp³-hybridized carbons (Fsp3) is 0.619. The minimum absolute atomic E-state index is 0.0214. The second-order valence-electron chi connectivity index (χ2n) is 8.05. The molecule has 0 aliphatic carbocycles. The quantitative estimate of drug-likeness (QED) is 0.627. The summed E-state index contributed by atoms with van der Waals surface area (Å²) in [5, 5.41) is 0. The van der Waals surface area contributed by atoms with E-state index in [9.17, 15) is 26.8 Å². The topological polar surface area (TPSA) is 84.0 Å². The normalized spacial score (nSPS) is 23.0. The van der Waals surface area contributed by atoms with Gasteiger partial charge in [-0.2, -0.15) is 8.78 Å². The number of carbonyl (C=O) groups is 2. The van der Waals surface area contributed by atoms with Crippen molar-refractivity contribution in [2.75, 3.05) is 31.1 Å². The van der Waals surface area contributed by atoms with Gasteiger partial charge in [-0.1, -0.05) is 19.1 Å². The van der Waals surface area contributed by atoms with Crippen LogP contribution in [-0.2, 0) is 14.6 Å². The lowest BCUT2D eigenvalue weighted by molar-refractivity contribution is -0.139. The highest BCUT2D eigenvalue weighted by atomic mass is 32.2. The van der Waals surface area contributed by atoms with Gasteiger partial charge < -0.3 is 14.5 Å². The summed E-state index contributed by atoms with van der Waals surface area (Å²) in [5.74, 6) is -1.18. The molecule has 2 heterocycles. The zero-order valence-electron chi connectivity index (χ0n) is 17.5. The van der Waals surface area contributed by atoms with Crippen LogP contribution in [0.5, 0.6) is 5.75 Å². The lowest BCUT2D eigenvalue weighted by Crippen LogP contribution is -2.50. The van der Waals surface area contributed by atoms with E-state index in [0.717, 1.165) is 0 Å². The predicted octanol–water partition coefficient (Wildman–Crippen LogP) is 2.57. The van der Waals surface area contributed by atoms with Gasteiger partial charge in [0.1, 0.15) is 5.75 Å². The van der Waals surface area contributed by atoms with Gasteiger partial charge in [-0.3, -0.25) is 9.59 Å². The molecule has 2 unspecified atom stereocenters. The van der Waals surface area contributed by atoms with Gasteiger partial charge in [-0.25, -0.2) is 8.42 Å².